The van der Waals surface area contributed by atoms with Crippen molar-refractivity contribution in [3.8, 4) is 0 Å². The second-order valence-electron chi connectivity index (χ2n) is 10.9. The molecule has 4 aromatic carbocycles. The van der Waals surface area contributed by atoms with E-state index in [1.165, 1.54) is 0 Å². The largest absolute Gasteiger partial charge is 0.392 e. The summed E-state index contributed by atoms with van der Waals surface area (Å²) in [6, 6.07) is 32.4. The Bertz CT molecular complexity index is 1550. The number of nitrogens with zero attached hydrogens (tertiary/aromatic N) is 1. The number of rotatable bonds is 11. The molecule has 0 aliphatic carbocycles. The van der Waals surface area contributed by atoms with Gasteiger partial charge in [0.15, 0.2) is 6.29 Å². The van der Waals surface area contributed by atoms with Crippen molar-refractivity contribution >= 4 is 15.7 Å². The van der Waals surface area contributed by atoms with Crippen LogP contribution in [0.4, 0.5) is 5.69 Å². The Balaban J connectivity index is 1.33. The summed E-state index contributed by atoms with van der Waals surface area (Å²) < 4.78 is 41.1. The maximum atomic E-state index is 12.8. The molecule has 1 saturated heterocycles. The summed E-state index contributed by atoms with van der Waals surface area (Å²) in [6.07, 6.45) is -1.23. The number of aliphatic hydroxyl groups is 2. The van der Waals surface area contributed by atoms with Gasteiger partial charge in [-0.05, 0) is 54.9 Å². The van der Waals surface area contributed by atoms with Gasteiger partial charge in [-0.2, -0.15) is 0 Å². The highest BCUT2D eigenvalue weighted by molar-refractivity contribution is 7.92. The van der Waals surface area contributed by atoms with E-state index in [0.29, 0.717) is 18.7 Å². The number of anilines is 1. The van der Waals surface area contributed by atoms with Crippen molar-refractivity contribution < 1.29 is 28.1 Å². The minimum Gasteiger partial charge on any atom is -0.392 e. The van der Waals surface area contributed by atoms with E-state index in [9.17, 15) is 18.6 Å². The van der Waals surface area contributed by atoms with Gasteiger partial charge in [0.25, 0.3) is 10.0 Å². The van der Waals surface area contributed by atoms with Crippen LogP contribution in [0.1, 0.15) is 54.1 Å². The standard InChI is InChI=1S/C34H38N2O6S/c1-24(33(38)27-9-5-3-6-10-27)36(2)22-30-21-32(26-15-13-25(23-37)14-16-26)42-34(41-30)28-17-19-29(20-18-28)35-43(39,40)31-11-7-4-8-12-31/h3-20,24,30,32-35,37-38H,21-23H2,1-2H3/t24-,30-,32+,33-,34+/m0/s1. The van der Waals surface area contributed by atoms with E-state index in [1.54, 1.807) is 54.6 Å². The summed E-state index contributed by atoms with van der Waals surface area (Å²) in [5.74, 6) is 0. The Morgan fingerprint density at radius 1 is 0.860 bits per heavy atom. The molecule has 9 heteroatoms. The van der Waals surface area contributed by atoms with Crippen molar-refractivity contribution in [3.05, 3.63) is 131 Å². The molecule has 226 valence electrons. The highest BCUT2D eigenvalue weighted by Crippen LogP contribution is 2.39. The van der Waals surface area contributed by atoms with Gasteiger partial charge in [0.05, 0.1) is 29.8 Å². The average Bonchev–Trinajstić information content (AvgIpc) is 3.05. The molecule has 0 amide bonds. The van der Waals surface area contributed by atoms with Crippen molar-refractivity contribution in [3.63, 3.8) is 0 Å². The van der Waals surface area contributed by atoms with E-state index in [0.717, 1.165) is 22.3 Å². The molecule has 0 bridgehead atoms. The van der Waals surface area contributed by atoms with Crippen LogP contribution in [0.15, 0.2) is 114 Å². The fourth-order valence-electron chi connectivity index (χ4n) is 5.21. The zero-order valence-electron chi connectivity index (χ0n) is 24.3. The van der Waals surface area contributed by atoms with Gasteiger partial charge in [0.2, 0.25) is 0 Å². The Hall–Kier alpha value is -3.57. The van der Waals surface area contributed by atoms with E-state index in [-0.39, 0.29) is 29.8 Å². The van der Waals surface area contributed by atoms with Crippen molar-refractivity contribution in [1.82, 2.24) is 4.90 Å². The molecule has 1 aliphatic rings. The lowest BCUT2D eigenvalue weighted by Crippen LogP contribution is -2.43. The molecule has 8 nitrogen and oxygen atoms in total. The van der Waals surface area contributed by atoms with Crippen molar-refractivity contribution in [2.75, 3.05) is 18.3 Å². The summed E-state index contributed by atoms with van der Waals surface area (Å²) in [5.41, 5.74) is 3.84. The van der Waals surface area contributed by atoms with Crippen LogP contribution < -0.4 is 4.72 Å². The van der Waals surface area contributed by atoms with E-state index >= 15 is 0 Å². The monoisotopic (exact) mass is 602 g/mol. The lowest BCUT2D eigenvalue weighted by molar-refractivity contribution is -0.253. The number of hydrogen-bond donors (Lipinski definition) is 3. The first-order valence-corrected chi connectivity index (χ1v) is 15.8. The summed E-state index contributed by atoms with van der Waals surface area (Å²) in [7, 11) is -1.74. The topological polar surface area (TPSA) is 108 Å². The summed E-state index contributed by atoms with van der Waals surface area (Å²) in [6.45, 7) is 2.52. The Morgan fingerprint density at radius 2 is 1.47 bits per heavy atom. The van der Waals surface area contributed by atoms with E-state index in [1.807, 2.05) is 68.6 Å². The number of hydrogen-bond acceptors (Lipinski definition) is 7. The summed E-state index contributed by atoms with van der Waals surface area (Å²) in [4.78, 5) is 2.28. The van der Waals surface area contributed by atoms with Crippen LogP contribution in [-0.4, -0.2) is 49.3 Å². The zero-order valence-corrected chi connectivity index (χ0v) is 25.1. The molecule has 5 atom stereocenters. The zero-order chi connectivity index (χ0) is 30.4. The van der Waals surface area contributed by atoms with Crippen LogP contribution >= 0.6 is 0 Å². The van der Waals surface area contributed by atoms with Gasteiger partial charge in [0.1, 0.15) is 0 Å². The first kappa shape index (κ1) is 30.9. The van der Waals surface area contributed by atoms with Crippen molar-refractivity contribution in [2.45, 2.75) is 55.5 Å². The summed E-state index contributed by atoms with van der Waals surface area (Å²) in [5, 5.41) is 20.5. The van der Waals surface area contributed by atoms with Gasteiger partial charge >= 0.3 is 0 Å². The quantitative estimate of drug-likeness (QED) is 0.206. The molecule has 1 fully saturated rings. The van der Waals surface area contributed by atoms with Gasteiger partial charge in [-0.15, -0.1) is 0 Å². The molecule has 0 aromatic heterocycles. The highest BCUT2D eigenvalue weighted by atomic mass is 32.2. The molecule has 5 rings (SSSR count). The molecule has 0 saturated carbocycles. The summed E-state index contributed by atoms with van der Waals surface area (Å²) >= 11 is 0. The minimum absolute atomic E-state index is 0.0348. The SMILES string of the molecule is C[C@@H]([C@H](O)c1ccccc1)N(C)C[C@@H]1C[C@H](c2ccc(CO)cc2)O[C@H](c2ccc(NS(=O)(=O)c3ccccc3)cc2)O1. The van der Waals surface area contributed by atoms with Crippen LogP contribution in [0.2, 0.25) is 0 Å². The Labute approximate surface area is 253 Å². The van der Waals surface area contributed by atoms with E-state index in [2.05, 4.69) is 9.62 Å². The predicted octanol–water partition coefficient (Wildman–Crippen LogP) is 5.58. The fraction of sp³-hybridized carbons (Fsp3) is 0.294. The number of nitrogens with one attached hydrogen (secondary N) is 1. The lowest BCUT2D eigenvalue weighted by Gasteiger charge is -2.39. The third-order valence-electron chi connectivity index (χ3n) is 7.89. The van der Waals surface area contributed by atoms with Crippen LogP contribution in [0.5, 0.6) is 0 Å². The molecule has 0 spiro atoms. The number of sulfonamides is 1. The fourth-order valence-corrected chi connectivity index (χ4v) is 6.29. The van der Waals surface area contributed by atoms with Crippen molar-refractivity contribution in [2.24, 2.45) is 0 Å². The number of benzene rings is 4. The first-order valence-electron chi connectivity index (χ1n) is 14.3. The molecule has 4 aromatic rings. The number of ether oxygens (including phenoxy) is 2. The molecule has 43 heavy (non-hydrogen) atoms. The normalized spacial score (nSPS) is 20.4. The van der Waals surface area contributed by atoms with Crippen LogP contribution in [0.3, 0.4) is 0 Å². The van der Waals surface area contributed by atoms with Gasteiger partial charge in [0, 0.05) is 30.3 Å². The van der Waals surface area contributed by atoms with Crippen LogP contribution in [0.25, 0.3) is 0 Å². The molecule has 1 aliphatic heterocycles. The molecular weight excluding hydrogens is 564 g/mol. The van der Waals surface area contributed by atoms with Gasteiger partial charge in [-0.3, -0.25) is 9.62 Å². The Morgan fingerprint density at radius 3 is 2.09 bits per heavy atom. The van der Waals surface area contributed by atoms with E-state index in [4.69, 9.17) is 9.47 Å². The third kappa shape index (κ3) is 7.69. The number of aliphatic hydroxyl groups excluding tert-OH is 2. The molecular formula is C34H38N2O6S. The second kappa shape index (κ2) is 13.8. The highest BCUT2D eigenvalue weighted by Gasteiger charge is 2.34. The minimum atomic E-state index is -3.72. The van der Waals surface area contributed by atoms with Gasteiger partial charge < -0.3 is 19.7 Å². The van der Waals surface area contributed by atoms with Gasteiger partial charge in [-0.1, -0.05) is 84.9 Å². The lowest BCUT2D eigenvalue weighted by atomic mass is 9.98. The molecule has 1 heterocycles. The maximum Gasteiger partial charge on any atom is 0.261 e. The smallest absolute Gasteiger partial charge is 0.261 e. The average molecular weight is 603 g/mol. The van der Waals surface area contributed by atoms with Crippen LogP contribution in [-0.2, 0) is 26.1 Å². The van der Waals surface area contributed by atoms with E-state index < -0.39 is 22.4 Å². The van der Waals surface area contributed by atoms with Crippen molar-refractivity contribution in [1.29, 1.82) is 0 Å². The molecule has 0 unspecified atom stereocenters. The van der Waals surface area contributed by atoms with Crippen LogP contribution in [0, 0.1) is 0 Å². The maximum absolute atomic E-state index is 12.8. The molecule has 3 N–H and O–H groups in total. The second-order valence-corrected chi connectivity index (χ2v) is 12.6. The molecule has 0 radical (unpaired) electrons. The Kier molecular flexibility index (Phi) is 9.92. The third-order valence-corrected chi connectivity index (χ3v) is 9.29. The van der Waals surface area contributed by atoms with Gasteiger partial charge in [-0.25, -0.2) is 8.42 Å². The predicted molar refractivity (Wildman–Crippen MR) is 166 cm³/mol. The first-order chi connectivity index (χ1) is 20.7. The number of likely N-dealkylation sites (N-methyl/N-ethyl adjacent to an activating group) is 1.